The number of ether oxygens (including phenoxy) is 2. The van der Waals surface area contributed by atoms with Crippen LogP contribution in [-0.2, 0) is 14.3 Å². The number of morpholine rings is 1. The van der Waals surface area contributed by atoms with E-state index in [4.69, 9.17) is 9.47 Å². The highest BCUT2D eigenvalue weighted by Crippen LogP contribution is 2.10. The minimum atomic E-state index is -0.588. The molecule has 0 spiro atoms. The summed E-state index contributed by atoms with van der Waals surface area (Å²) in [7, 11) is 1.33. The predicted molar refractivity (Wildman–Crippen MR) is 66.2 cm³/mol. The standard InChI is InChI=1S/C12H22N2O4/c1-4-9(2)10(11(15)17-3)13-12(16)14-5-7-18-8-6-14/h9-10H,4-8H2,1-3H3,(H,13,16)/t9-,10-/m1/s1. The highest BCUT2D eigenvalue weighted by molar-refractivity contribution is 5.83. The van der Waals surface area contributed by atoms with E-state index in [2.05, 4.69) is 5.32 Å². The lowest BCUT2D eigenvalue weighted by atomic mass is 9.99. The van der Waals surface area contributed by atoms with Gasteiger partial charge in [0, 0.05) is 13.1 Å². The van der Waals surface area contributed by atoms with Crippen molar-refractivity contribution in [3.05, 3.63) is 0 Å². The van der Waals surface area contributed by atoms with E-state index in [1.165, 1.54) is 7.11 Å². The lowest BCUT2D eigenvalue weighted by Crippen LogP contribution is -2.53. The van der Waals surface area contributed by atoms with Crippen molar-refractivity contribution in [2.75, 3.05) is 33.4 Å². The average molecular weight is 258 g/mol. The number of hydrogen-bond acceptors (Lipinski definition) is 4. The fraction of sp³-hybridized carbons (Fsp3) is 0.833. The summed E-state index contributed by atoms with van der Waals surface area (Å²) in [5, 5.41) is 2.74. The van der Waals surface area contributed by atoms with Gasteiger partial charge >= 0.3 is 12.0 Å². The molecular formula is C12H22N2O4. The molecule has 1 saturated heterocycles. The summed E-state index contributed by atoms with van der Waals surface area (Å²) < 4.78 is 9.91. The van der Waals surface area contributed by atoms with Gasteiger partial charge in [0.15, 0.2) is 0 Å². The van der Waals surface area contributed by atoms with Gasteiger partial charge in [-0.1, -0.05) is 20.3 Å². The van der Waals surface area contributed by atoms with Crippen molar-refractivity contribution >= 4 is 12.0 Å². The van der Waals surface area contributed by atoms with E-state index in [0.717, 1.165) is 6.42 Å². The monoisotopic (exact) mass is 258 g/mol. The predicted octanol–water partition coefficient (Wildman–Crippen LogP) is 0.616. The molecule has 0 aromatic heterocycles. The van der Waals surface area contributed by atoms with Gasteiger partial charge in [-0.3, -0.25) is 0 Å². The van der Waals surface area contributed by atoms with E-state index in [1.807, 2.05) is 13.8 Å². The molecule has 1 rings (SSSR count). The molecule has 104 valence electrons. The van der Waals surface area contributed by atoms with Crippen LogP contribution in [0.4, 0.5) is 4.79 Å². The number of nitrogens with one attached hydrogen (secondary N) is 1. The Kier molecular flexibility index (Phi) is 5.91. The van der Waals surface area contributed by atoms with Crippen LogP contribution in [0.1, 0.15) is 20.3 Å². The van der Waals surface area contributed by atoms with Gasteiger partial charge in [0.05, 0.1) is 20.3 Å². The van der Waals surface area contributed by atoms with Crippen LogP contribution >= 0.6 is 0 Å². The second-order valence-corrected chi connectivity index (χ2v) is 4.44. The zero-order chi connectivity index (χ0) is 13.5. The summed E-state index contributed by atoms with van der Waals surface area (Å²) in [6, 6.07) is -0.815. The Hall–Kier alpha value is -1.30. The molecule has 0 radical (unpaired) electrons. The molecule has 1 aliphatic rings. The van der Waals surface area contributed by atoms with Crippen LogP contribution in [0.2, 0.25) is 0 Å². The number of nitrogens with zero attached hydrogens (tertiary/aromatic N) is 1. The van der Waals surface area contributed by atoms with Crippen molar-refractivity contribution in [3.63, 3.8) is 0 Å². The van der Waals surface area contributed by atoms with Crippen molar-refractivity contribution in [1.29, 1.82) is 0 Å². The van der Waals surface area contributed by atoms with Gasteiger partial charge in [0.2, 0.25) is 0 Å². The number of carbonyl (C=O) groups is 2. The number of methoxy groups -OCH3 is 1. The zero-order valence-corrected chi connectivity index (χ0v) is 11.3. The summed E-state index contributed by atoms with van der Waals surface area (Å²) in [4.78, 5) is 25.3. The first-order chi connectivity index (χ1) is 8.60. The molecule has 0 aromatic carbocycles. The molecule has 1 fully saturated rings. The third-order valence-corrected chi connectivity index (χ3v) is 3.25. The number of amides is 2. The van der Waals surface area contributed by atoms with E-state index in [9.17, 15) is 9.59 Å². The first-order valence-electron chi connectivity index (χ1n) is 6.31. The number of carbonyl (C=O) groups excluding carboxylic acids is 2. The molecule has 2 amide bonds. The second-order valence-electron chi connectivity index (χ2n) is 4.44. The molecule has 0 saturated carbocycles. The summed E-state index contributed by atoms with van der Waals surface area (Å²) in [6.07, 6.45) is 0.795. The van der Waals surface area contributed by atoms with Crippen molar-refractivity contribution in [2.45, 2.75) is 26.3 Å². The maximum absolute atomic E-state index is 12.0. The van der Waals surface area contributed by atoms with Gasteiger partial charge in [-0.2, -0.15) is 0 Å². The maximum atomic E-state index is 12.0. The largest absolute Gasteiger partial charge is 0.467 e. The van der Waals surface area contributed by atoms with Crippen molar-refractivity contribution in [3.8, 4) is 0 Å². The number of rotatable bonds is 4. The summed E-state index contributed by atoms with van der Waals surface area (Å²) in [5.74, 6) is -0.353. The van der Waals surface area contributed by atoms with E-state index < -0.39 is 12.0 Å². The Morgan fingerprint density at radius 2 is 2.00 bits per heavy atom. The molecule has 1 N–H and O–H groups in total. The molecule has 0 unspecified atom stereocenters. The lowest BCUT2D eigenvalue weighted by molar-refractivity contribution is -0.144. The molecule has 0 bridgehead atoms. The zero-order valence-electron chi connectivity index (χ0n) is 11.3. The smallest absolute Gasteiger partial charge is 0.328 e. The maximum Gasteiger partial charge on any atom is 0.328 e. The molecule has 1 aliphatic heterocycles. The van der Waals surface area contributed by atoms with Gasteiger partial charge < -0.3 is 19.7 Å². The van der Waals surface area contributed by atoms with Crippen LogP contribution < -0.4 is 5.32 Å². The van der Waals surface area contributed by atoms with Crippen LogP contribution in [0.5, 0.6) is 0 Å². The Balaban J connectivity index is 2.58. The van der Waals surface area contributed by atoms with Crippen LogP contribution in [-0.4, -0.2) is 56.4 Å². The van der Waals surface area contributed by atoms with Crippen LogP contribution in [0, 0.1) is 5.92 Å². The van der Waals surface area contributed by atoms with Crippen molar-refractivity contribution < 1.29 is 19.1 Å². The highest BCUT2D eigenvalue weighted by atomic mass is 16.5. The fourth-order valence-electron chi connectivity index (χ4n) is 1.79. The van der Waals surface area contributed by atoms with Crippen LogP contribution in [0.25, 0.3) is 0 Å². The Labute approximate surface area is 108 Å². The molecular weight excluding hydrogens is 236 g/mol. The Bertz CT molecular complexity index is 290. The highest BCUT2D eigenvalue weighted by Gasteiger charge is 2.28. The molecule has 18 heavy (non-hydrogen) atoms. The minimum Gasteiger partial charge on any atom is -0.467 e. The van der Waals surface area contributed by atoms with E-state index in [-0.39, 0.29) is 11.9 Å². The molecule has 6 heteroatoms. The van der Waals surface area contributed by atoms with E-state index in [0.29, 0.717) is 26.3 Å². The Morgan fingerprint density at radius 3 is 2.50 bits per heavy atom. The third kappa shape index (κ3) is 3.87. The van der Waals surface area contributed by atoms with Crippen LogP contribution in [0.3, 0.4) is 0 Å². The lowest BCUT2D eigenvalue weighted by Gasteiger charge is -2.30. The number of hydrogen-bond donors (Lipinski definition) is 1. The van der Waals surface area contributed by atoms with E-state index in [1.54, 1.807) is 4.90 Å². The molecule has 0 aliphatic carbocycles. The molecule has 0 aromatic rings. The quantitative estimate of drug-likeness (QED) is 0.750. The van der Waals surface area contributed by atoms with Gasteiger partial charge in [0.1, 0.15) is 6.04 Å². The number of urea groups is 1. The van der Waals surface area contributed by atoms with Crippen molar-refractivity contribution in [1.82, 2.24) is 10.2 Å². The van der Waals surface area contributed by atoms with Crippen LogP contribution in [0.15, 0.2) is 0 Å². The minimum absolute atomic E-state index is 0.0439. The van der Waals surface area contributed by atoms with Crippen molar-refractivity contribution in [2.24, 2.45) is 5.92 Å². The average Bonchev–Trinajstić information content (AvgIpc) is 2.43. The van der Waals surface area contributed by atoms with Gasteiger partial charge in [0.25, 0.3) is 0 Å². The van der Waals surface area contributed by atoms with Gasteiger partial charge in [-0.05, 0) is 5.92 Å². The SMILES string of the molecule is CC[C@@H](C)[C@@H](NC(=O)N1CCOCC1)C(=O)OC. The summed E-state index contributed by atoms with van der Waals surface area (Å²) >= 11 is 0. The normalized spacial score (nSPS) is 18.9. The van der Waals surface area contributed by atoms with E-state index >= 15 is 0 Å². The summed E-state index contributed by atoms with van der Waals surface area (Å²) in [5.41, 5.74) is 0. The Morgan fingerprint density at radius 1 is 1.39 bits per heavy atom. The topological polar surface area (TPSA) is 67.9 Å². The van der Waals surface area contributed by atoms with Gasteiger partial charge in [-0.15, -0.1) is 0 Å². The molecule has 1 heterocycles. The first kappa shape index (κ1) is 14.8. The first-order valence-corrected chi connectivity index (χ1v) is 6.31. The summed E-state index contributed by atoms with van der Waals surface area (Å²) in [6.45, 7) is 6.09. The second kappa shape index (κ2) is 7.20. The van der Waals surface area contributed by atoms with Gasteiger partial charge in [-0.25, -0.2) is 9.59 Å². The fourth-order valence-corrected chi connectivity index (χ4v) is 1.79. The number of esters is 1. The third-order valence-electron chi connectivity index (χ3n) is 3.25. The molecule has 2 atom stereocenters. The molecule has 6 nitrogen and oxygen atoms in total.